The van der Waals surface area contributed by atoms with Gasteiger partial charge in [0.1, 0.15) is 19.3 Å². The Hall–Kier alpha value is -0.895. The molecule has 0 aliphatic carbocycles. The summed E-state index contributed by atoms with van der Waals surface area (Å²) < 4.78 is 25.2. The topological polar surface area (TPSA) is 26.0 Å². The Kier molecular flexibility index (Phi) is 6.12. The van der Waals surface area contributed by atoms with E-state index in [0.717, 1.165) is 0 Å². The Morgan fingerprint density at radius 2 is 2.21 bits per heavy atom. The van der Waals surface area contributed by atoms with Gasteiger partial charge in [-0.05, 0) is 18.6 Å². The Bertz CT molecular complexity index is 257. The molecule has 2 N–H and O–H groups in total. The van der Waals surface area contributed by atoms with Crippen LogP contribution in [0.2, 0.25) is 6.82 Å². The zero-order valence-electron chi connectivity index (χ0n) is 8.56. The van der Waals surface area contributed by atoms with Crippen LogP contribution in [0, 0.1) is 0 Å². The average molecular weight is 198 g/mol. The Morgan fingerprint density at radius 1 is 1.64 bits per heavy atom. The molecule has 0 heterocycles. The summed E-state index contributed by atoms with van der Waals surface area (Å²) >= 11 is 0. The first-order valence-electron chi connectivity index (χ1n) is 4.42. The molecule has 4 heteroatoms. The van der Waals surface area contributed by atoms with Crippen molar-refractivity contribution in [2.24, 2.45) is 5.73 Å². The molecule has 0 aromatic heterocycles. The van der Waals surface area contributed by atoms with Crippen LogP contribution in [-0.2, 0) is 0 Å². The molecule has 0 fully saturated rings. The highest BCUT2D eigenvalue weighted by Gasteiger charge is 2.04. The average Bonchev–Trinajstić information content (AvgIpc) is 2.10. The monoisotopic (exact) mass is 198 g/mol. The SMILES string of the molecule is C=C(F)/C=C(CN)\C([B]C)=C/[C@H](C)F. The Balaban J connectivity index is 4.88. The molecule has 0 aromatic carbocycles. The van der Waals surface area contributed by atoms with Crippen LogP contribution < -0.4 is 5.73 Å². The lowest BCUT2D eigenvalue weighted by Crippen LogP contribution is -2.10. The molecule has 0 spiro atoms. The predicted octanol–water partition coefficient (Wildman–Crippen LogP) is 2.35. The number of hydrogen-bond acceptors (Lipinski definition) is 1. The van der Waals surface area contributed by atoms with E-state index >= 15 is 0 Å². The van der Waals surface area contributed by atoms with Crippen molar-refractivity contribution in [3.63, 3.8) is 0 Å². The molecule has 0 unspecified atom stereocenters. The van der Waals surface area contributed by atoms with Crippen molar-refractivity contribution < 1.29 is 8.78 Å². The van der Waals surface area contributed by atoms with Crippen LogP contribution in [0.5, 0.6) is 0 Å². The van der Waals surface area contributed by atoms with Gasteiger partial charge in [-0.1, -0.05) is 25.0 Å². The van der Waals surface area contributed by atoms with Gasteiger partial charge in [0.25, 0.3) is 0 Å². The molecule has 0 bridgehead atoms. The maximum Gasteiger partial charge on any atom is 0.148 e. The first-order chi connectivity index (χ1) is 6.51. The van der Waals surface area contributed by atoms with Crippen LogP contribution in [-0.4, -0.2) is 20.0 Å². The van der Waals surface area contributed by atoms with E-state index < -0.39 is 12.0 Å². The number of nitrogens with two attached hydrogens (primary N) is 1. The lowest BCUT2D eigenvalue weighted by Gasteiger charge is -2.08. The van der Waals surface area contributed by atoms with Crippen molar-refractivity contribution in [1.29, 1.82) is 0 Å². The van der Waals surface area contributed by atoms with Gasteiger partial charge in [0, 0.05) is 6.54 Å². The standard InChI is InChI=1S/C10H15BF2N/c1-7(12)4-9(6-14)10(11-3)5-8(2)13/h4-5,8H,1,6,14H2,2-3H3/b9-4-,10-5+/t8-/m0/s1. The second kappa shape index (κ2) is 6.54. The van der Waals surface area contributed by atoms with Gasteiger partial charge in [0.2, 0.25) is 0 Å². The summed E-state index contributed by atoms with van der Waals surface area (Å²) in [4.78, 5) is 0. The molecule has 0 aliphatic heterocycles. The summed E-state index contributed by atoms with van der Waals surface area (Å²) in [5, 5.41) is 0. The van der Waals surface area contributed by atoms with Crippen LogP contribution in [0.3, 0.4) is 0 Å². The van der Waals surface area contributed by atoms with Crippen molar-refractivity contribution in [2.75, 3.05) is 6.54 Å². The van der Waals surface area contributed by atoms with Gasteiger partial charge in [0.05, 0.1) is 0 Å². The molecule has 0 aromatic rings. The van der Waals surface area contributed by atoms with E-state index in [4.69, 9.17) is 5.73 Å². The van der Waals surface area contributed by atoms with Crippen molar-refractivity contribution in [2.45, 2.75) is 19.9 Å². The van der Waals surface area contributed by atoms with Crippen molar-refractivity contribution in [3.05, 3.63) is 35.6 Å². The van der Waals surface area contributed by atoms with Gasteiger partial charge < -0.3 is 5.73 Å². The van der Waals surface area contributed by atoms with Crippen LogP contribution in [0.25, 0.3) is 0 Å². The first-order valence-corrected chi connectivity index (χ1v) is 4.42. The largest absolute Gasteiger partial charge is 0.327 e. The number of rotatable bonds is 5. The van der Waals surface area contributed by atoms with E-state index in [1.165, 1.54) is 19.1 Å². The van der Waals surface area contributed by atoms with Crippen LogP contribution in [0.1, 0.15) is 6.92 Å². The van der Waals surface area contributed by atoms with E-state index in [1.807, 2.05) is 0 Å². The maximum atomic E-state index is 12.7. The highest BCUT2D eigenvalue weighted by molar-refractivity contribution is 6.45. The Labute approximate surface area is 84.6 Å². The first kappa shape index (κ1) is 13.1. The fourth-order valence-electron chi connectivity index (χ4n) is 1.09. The van der Waals surface area contributed by atoms with E-state index in [-0.39, 0.29) is 6.54 Å². The highest BCUT2D eigenvalue weighted by Crippen LogP contribution is 2.12. The summed E-state index contributed by atoms with van der Waals surface area (Å²) in [6.45, 7) is 6.42. The predicted molar refractivity (Wildman–Crippen MR) is 57.7 cm³/mol. The van der Waals surface area contributed by atoms with Crippen molar-refractivity contribution in [1.82, 2.24) is 0 Å². The zero-order chi connectivity index (χ0) is 11.1. The molecular formula is C10H15BF2N. The van der Waals surface area contributed by atoms with E-state index in [9.17, 15) is 8.78 Å². The normalized spacial score (nSPS) is 15.2. The quantitative estimate of drug-likeness (QED) is 0.532. The summed E-state index contributed by atoms with van der Waals surface area (Å²) in [5.41, 5.74) is 6.57. The molecule has 14 heavy (non-hydrogen) atoms. The maximum absolute atomic E-state index is 12.7. The van der Waals surface area contributed by atoms with E-state index in [0.29, 0.717) is 11.0 Å². The van der Waals surface area contributed by atoms with Gasteiger partial charge >= 0.3 is 0 Å². The van der Waals surface area contributed by atoms with Crippen molar-refractivity contribution >= 4 is 7.28 Å². The third-order valence-corrected chi connectivity index (χ3v) is 1.64. The molecule has 0 amide bonds. The minimum absolute atomic E-state index is 0.159. The van der Waals surface area contributed by atoms with E-state index in [1.54, 1.807) is 14.1 Å². The fourth-order valence-corrected chi connectivity index (χ4v) is 1.09. The van der Waals surface area contributed by atoms with Crippen molar-refractivity contribution in [3.8, 4) is 0 Å². The van der Waals surface area contributed by atoms with Gasteiger partial charge in [-0.25, -0.2) is 8.78 Å². The van der Waals surface area contributed by atoms with E-state index in [2.05, 4.69) is 6.58 Å². The molecule has 0 rings (SSSR count). The van der Waals surface area contributed by atoms with Gasteiger partial charge in [-0.3, -0.25) is 0 Å². The molecule has 77 valence electrons. The fraction of sp³-hybridized carbons (Fsp3) is 0.400. The molecule has 1 atom stereocenters. The lowest BCUT2D eigenvalue weighted by atomic mass is 9.68. The van der Waals surface area contributed by atoms with Crippen LogP contribution >= 0.6 is 0 Å². The minimum Gasteiger partial charge on any atom is -0.327 e. The third-order valence-electron chi connectivity index (χ3n) is 1.64. The molecule has 1 radical (unpaired) electrons. The number of hydrogen-bond donors (Lipinski definition) is 1. The molecule has 1 nitrogen and oxygen atoms in total. The molecule has 0 saturated carbocycles. The summed E-state index contributed by atoms with van der Waals surface area (Å²) in [6.07, 6.45) is 1.53. The lowest BCUT2D eigenvalue weighted by molar-refractivity contribution is 0.430. The van der Waals surface area contributed by atoms with Crippen LogP contribution in [0.15, 0.2) is 35.6 Å². The summed E-state index contributed by atoms with van der Waals surface area (Å²) in [5.74, 6) is -0.579. The van der Waals surface area contributed by atoms with Gasteiger partial charge in [-0.15, -0.1) is 0 Å². The number of alkyl halides is 1. The molecule has 0 aliphatic rings. The smallest absolute Gasteiger partial charge is 0.148 e. The summed E-state index contributed by atoms with van der Waals surface area (Å²) in [7, 11) is 1.69. The van der Waals surface area contributed by atoms with Gasteiger partial charge in [0.15, 0.2) is 0 Å². The highest BCUT2D eigenvalue weighted by atomic mass is 19.1. The third kappa shape index (κ3) is 4.97. The van der Waals surface area contributed by atoms with Gasteiger partial charge in [-0.2, -0.15) is 0 Å². The molecule has 0 saturated heterocycles. The Morgan fingerprint density at radius 3 is 2.50 bits per heavy atom. The number of halogens is 2. The zero-order valence-corrected chi connectivity index (χ0v) is 8.56. The number of allylic oxidation sites excluding steroid dienone is 3. The summed E-state index contributed by atoms with van der Waals surface area (Å²) in [6, 6.07) is 0. The minimum atomic E-state index is -1.08. The second-order valence-electron chi connectivity index (χ2n) is 2.91. The molecular weight excluding hydrogens is 183 g/mol. The second-order valence-corrected chi connectivity index (χ2v) is 2.91. The van der Waals surface area contributed by atoms with Crippen LogP contribution in [0.4, 0.5) is 8.78 Å².